The van der Waals surface area contributed by atoms with Gasteiger partial charge in [0, 0.05) is 22.8 Å². The van der Waals surface area contributed by atoms with Crippen LogP contribution in [-0.4, -0.2) is 29.9 Å². The fourth-order valence-corrected chi connectivity index (χ4v) is 5.59. The summed E-state index contributed by atoms with van der Waals surface area (Å²) in [4.78, 5) is 41.8. The molecular weight excluding hydrogens is 473 g/mol. The van der Waals surface area contributed by atoms with Crippen LogP contribution in [0.25, 0.3) is 6.08 Å². The molecule has 0 spiro atoms. The summed E-state index contributed by atoms with van der Waals surface area (Å²) in [6.07, 6.45) is 2.54. The summed E-state index contributed by atoms with van der Waals surface area (Å²) in [5.74, 6) is -1.16. The van der Waals surface area contributed by atoms with Gasteiger partial charge in [0.2, 0.25) is 0 Å². The number of nitrogens with zero attached hydrogens (tertiary/aromatic N) is 2. The predicted octanol–water partition coefficient (Wildman–Crippen LogP) is 6.08. The summed E-state index contributed by atoms with van der Waals surface area (Å²) >= 11 is 12.2. The second-order valence-electron chi connectivity index (χ2n) is 9.48. The Labute approximate surface area is 209 Å². The van der Waals surface area contributed by atoms with Gasteiger partial charge >= 0.3 is 6.03 Å². The first-order valence-electron chi connectivity index (χ1n) is 11.2. The van der Waals surface area contributed by atoms with Crippen molar-refractivity contribution >= 4 is 58.5 Å². The molecule has 2 aromatic carbocycles. The third-order valence-corrected chi connectivity index (χ3v) is 7.18. The summed E-state index contributed by atoms with van der Waals surface area (Å²) in [5, 5.41) is 2.75. The maximum atomic E-state index is 13.3. The number of hydrogen-bond donors (Lipinski definition) is 1. The average molecular weight is 500 g/mol. The summed E-state index contributed by atoms with van der Waals surface area (Å²) < 4.78 is 0. The number of nitrogens with one attached hydrogen (secondary N) is 1. The largest absolute Gasteiger partial charge is 0.366 e. The molecule has 0 aliphatic carbocycles. The van der Waals surface area contributed by atoms with Crippen LogP contribution in [0.5, 0.6) is 0 Å². The quantitative estimate of drug-likeness (QED) is 0.410. The van der Waals surface area contributed by atoms with Crippen molar-refractivity contribution in [1.29, 1.82) is 0 Å². The van der Waals surface area contributed by atoms with Gasteiger partial charge in [-0.25, -0.2) is 9.69 Å². The first-order chi connectivity index (χ1) is 15.9. The molecule has 1 atom stereocenters. The molecule has 6 nitrogen and oxygen atoms in total. The summed E-state index contributed by atoms with van der Waals surface area (Å²) in [5.41, 5.74) is 4.10. The van der Waals surface area contributed by atoms with Gasteiger partial charge in [-0.2, -0.15) is 0 Å². The number of anilines is 2. The molecule has 2 aliphatic rings. The minimum Gasteiger partial charge on any atom is -0.366 e. The Morgan fingerprint density at radius 2 is 1.82 bits per heavy atom. The van der Waals surface area contributed by atoms with Gasteiger partial charge in [-0.1, -0.05) is 30.1 Å². The lowest BCUT2D eigenvalue weighted by Gasteiger charge is -2.47. The van der Waals surface area contributed by atoms with Crippen LogP contribution in [0.15, 0.2) is 35.9 Å². The number of rotatable bonds is 3. The van der Waals surface area contributed by atoms with Crippen molar-refractivity contribution in [2.24, 2.45) is 0 Å². The van der Waals surface area contributed by atoms with E-state index in [-0.39, 0.29) is 21.8 Å². The highest BCUT2D eigenvalue weighted by Crippen LogP contribution is 2.44. The van der Waals surface area contributed by atoms with Crippen LogP contribution in [0.4, 0.5) is 16.2 Å². The zero-order valence-electron chi connectivity index (χ0n) is 19.8. The standard InChI is InChI=1S/C26H27Cl2N3O3/c1-6-30-22-9-14(2)16(10-18(22)15(3)13-26(30,4)5)11-19-23(32)29-25(34)31(24(19)33)21-8-7-17(27)12-20(21)28/h7-12,15H,6,13H2,1-5H3,(H,29,32,34)/b19-11-. The SMILES string of the molecule is CCN1c2cc(C)c(/C=C3/C(=O)NC(=O)N(c4ccc(Cl)cc4Cl)C3=O)cc2C(C)CC1(C)C. The number of fused-ring (bicyclic) bond motifs is 1. The summed E-state index contributed by atoms with van der Waals surface area (Å²) in [6, 6.07) is 7.76. The highest BCUT2D eigenvalue weighted by atomic mass is 35.5. The Morgan fingerprint density at radius 3 is 2.47 bits per heavy atom. The smallest absolute Gasteiger partial charge is 0.335 e. The number of carbonyl (C=O) groups excluding carboxylic acids is 3. The molecule has 8 heteroatoms. The molecule has 0 saturated carbocycles. The molecule has 178 valence electrons. The van der Waals surface area contributed by atoms with E-state index in [9.17, 15) is 14.4 Å². The van der Waals surface area contributed by atoms with Crippen molar-refractivity contribution in [1.82, 2.24) is 5.32 Å². The highest BCUT2D eigenvalue weighted by molar-refractivity contribution is 6.42. The maximum absolute atomic E-state index is 13.3. The van der Waals surface area contributed by atoms with Crippen molar-refractivity contribution in [3.05, 3.63) is 62.6 Å². The molecule has 1 unspecified atom stereocenters. The van der Waals surface area contributed by atoms with E-state index >= 15 is 0 Å². The fourth-order valence-electron chi connectivity index (χ4n) is 5.10. The topological polar surface area (TPSA) is 69.7 Å². The van der Waals surface area contributed by atoms with Crippen LogP contribution in [0.1, 0.15) is 56.7 Å². The molecule has 34 heavy (non-hydrogen) atoms. The summed E-state index contributed by atoms with van der Waals surface area (Å²) in [6.45, 7) is 11.7. The second-order valence-corrected chi connectivity index (χ2v) is 10.3. The number of imide groups is 2. The zero-order chi connectivity index (χ0) is 24.9. The molecule has 1 saturated heterocycles. The number of halogens is 2. The molecule has 2 aromatic rings. The first-order valence-corrected chi connectivity index (χ1v) is 12.0. The van der Waals surface area contributed by atoms with E-state index in [0.717, 1.165) is 29.0 Å². The van der Waals surface area contributed by atoms with Crippen molar-refractivity contribution in [3.8, 4) is 0 Å². The van der Waals surface area contributed by atoms with E-state index in [4.69, 9.17) is 23.2 Å². The number of barbiturate groups is 1. The van der Waals surface area contributed by atoms with E-state index in [1.165, 1.54) is 29.4 Å². The number of hydrogen-bond acceptors (Lipinski definition) is 4. The first kappa shape index (κ1) is 24.3. The van der Waals surface area contributed by atoms with Crippen LogP contribution in [0.3, 0.4) is 0 Å². The average Bonchev–Trinajstić information content (AvgIpc) is 2.72. The van der Waals surface area contributed by atoms with Crippen LogP contribution >= 0.6 is 23.2 Å². The van der Waals surface area contributed by atoms with Gasteiger partial charge in [-0.15, -0.1) is 0 Å². The third kappa shape index (κ3) is 4.10. The molecule has 2 aliphatic heterocycles. The Morgan fingerprint density at radius 1 is 1.12 bits per heavy atom. The molecule has 0 radical (unpaired) electrons. The number of benzene rings is 2. The lowest BCUT2D eigenvalue weighted by atomic mass is 9.79. The van der Waals surface area contributed by atoms with E-state index < -0.39 is 17.8 Å². The molecule has 4 amide bonds. The van der Waals surface area contributed by atoms with Crippen LogP contribution in [0.2, 0.25) is 10.0 Å². The lowest BCUT2D eigenvalue weighted by Crippen LogP contribution is -2.54. The van der Waals surface area contributed by atoms with E-state index in [2.05, 4.69) is 50.0 Å². The van der Waals surface area contributed by atoms with Gasteiger partial charge in [0.05, 0.1) is 10.7 Å². The molecule has 1 fully saturated rings. The fraction of sp³-hybridized carbons (Fsp3) is 0.346. The number of aryl methyl sites for hydroxylation is 1. The van der Waals surface area contributed by atoms with Crippen molar-refractivity contribution in [3.63, 3.8) is 0 Å². The minimum absolute atomic E-state index is 0.0333. The molecule has 1 N–H and O–H groups in total. The maximum Gasteiger partial charge on any atom is 0.335 e. The third-order valence-electron chi connectivity index (χ3n) is 6.64. The zero-order valence-corrected chi connectivity index (χ0v) is 21.3. The normalized spacial score (nSPS) is 21.1. The van der Waals surface area contributed by atoms with Gasteiger partial charge in [-0.05, 0) is 93.1 Å². The van der Waals surface area contributed by atoms with Crippen molar-refractivity contribution in [2.45, 2.75) is 52.5 Å². The van der Waals surface area contributed by atoms with Crippen LogP contribution in [0, 0.1) is 6.92 Å². The molecular formula is C26H27Cl2N3O3. The summed E-state index contributed by atoms with van der Waals surface area (Å²) in [7, 11) is 0. The van der Waals surface area contributed by atoms with E-state index in [0.29, 0.717) is 10.9 Å². The van der Waals surface area contributed by atoms with Gasteiger partial charge < -0.3 is 4.90 Å². The molecule has 4 rings (SSSR count). The number of amides is 4. The Hall–Kier alpha value is -2.83. The van der Waals surface area contributed by atoms with Gasteiger partial charge in [-0.3, -0.25) is 14.9 Å². The lowest BCUT2D eigenvalue weighted by molar-refractivity contribution is -0.122. The van der Waals surface area contributed by atoms with Crippen LogP contribution in [-0.2, 0) is 9.59 Å². The van der Waals surface area contributed by atoms with Gasteiger partial charge in [0.15, 0.2) is 0 Å². The Balaban J connectivity index is 1.79. The van der Waals surface area contributed by atoms with Crippen LogP contribution < -0.4 is 15.1 Å². The van der Waals surface area contributed by atoms with E-state index in [1.807, 2.05) is 6.92 Å². The number of carbonyl (C=O) groups is 3. The highest BCUT2D eigenvalue weighted by Gasteiger charge is 2.39. The second kappa shape index (κ2) is 8.75. The molecule has 2 heterocycles. The predicted molar refractivity (Wildman–Crippen MR) is 137 cm³/mol. The Bertz CT molecular complexity index is 1250. The minimum atomic E-state index is -0.854. The Kier molecular flexibility index (Phi) is 6.25. The molecule has 0 aromatic heterocycles. The van der Waals surface area contributed by atoms with Crippen molar-refractivity contribution < 1.29 is 14.4 Å². The monoisotopic (exact) mass is 499 g/mol. The van der Waals surface area contributed by atoms with Crippen molar-refractivity contribution in [2.75, 3.05) is 16.3 Å². The number of urea groups is 1. The van der Waals surface area contributed by atoms with E-state index in [1.54, 1.807) is 6.08 Å². The molecule has 0 bridgehead atoms. The van der Waals surface area contributed by atoms with Gasteiger partial charge in [0.1, 0.15) is 5.57 Å². The van der Waals surface area contributed by atoms with Gasteiger partial charge in [0.25, 0.3) is 11.8 Å².